The van der Waals surface area contributed by atoms with Crippen LogP contribution >= 0.6 is 47.8 Å². The number of nitrogens with zero attached hydrogens (tertiary/aromatic N) is 4. The molecule has 0 spiro atoms. The lowest BCUT2D eigenvalue weighted by Crippen LogP contribution is -2.33. The van der Waals surface area contributed by atoms with Crippen molar-refractivity contribution in [3.8, 4) is 39.5 Å². The van der Waals surface area contributed by atoms with E-state index in [2.05, 4.69) is 47.8 Å². The van der Waals surface area contributed by atoms with E-state index in [1.54, 1.807) is 20.8 Å². The smallest absolute Gasteiger partial charge is 0.416 e. The summed E-state index contributed by atoms with van der Waals surface area (Å²) in [6.07, 6.45) is -4.48. The van der Waals surface area contributed by atoms with E-state index in [9.17, 15) is 67.9 Å². The summed E-state index contributed by atoms with van der Waals surface area (Å²) in [6.45, 7) is 5.58. The van der Waals surface area contributed by atoms with Gasteiger partial charge in [-0.15, -0.1) is 0 Å². The minimum atomic E-state index is -4.48. The first kappa shape index (κ1) is 83.3. The molecule has 11 aromatic rings. The average molecular weight is 1730 g/mol. The molecule has 112 heavy (non-hydrogen) atoms. The third-order valence-electron chi connectivity index (χ3n) is 17.5. The number of hydrogen-bond acceptors (Lipinski definition) is 9. The molecule has 14 rings (SSSR count). The summed E-state index contributed by atoms with van der Waals surface area (Å²) in [4.78, 5) is 68.0. The number of aliphatic hydroxyl groups is 1. The standard InChI is InChI=1S/C23H17F4NO2.C23H20FNO2.C16H14BrF2NO2.C16H13BrFNO2.C7H3BrF2O2/c24-20-13-21-19(12-18(20)16-6-8-17(9-7-16)23(25,26)27)22(29)28(10-11-30-21)14-15-4-2-1-3-5-15;1-16-7-9-18(10-8-16)19-13-20-22(14-21(19)24)27-12-11-25(23(20)26)15-17-5-3-2-4-6-17;17-13-8-12(14(18)9-15(13)19)16(22)20(6-7-21)10-11-4-2-1-3-5-11;17-13-8-12-15(9-14(13)18)21-7-6-19(16(12)20)10-11-4-2-1-3-5-11;8-4-1-3(7(11)12)5(9)2-6(4)10/h1-9,12-13H,10-11,14H2;2-10,13-14H,11-12,15H2,1H3;1-5,8-9,21H,6-7,10H2;1-5,8-9H,6-7,10H2;1-2H,(H,11,12). The molecule has 0 saturated carbocycles. The molecule has 0 fully saturated rings. The number of rotatable bonds is 14. The highest BCUT2D eigenvalue weighted by atomic mass is 79.9. The van der Waals surface area contributed by atoms with Crippen LogP contribution in [0.3, 0.4) is 0 Å². The second-order valence-corrected chi connectivity index (χ2v) is 27.8. The molecule has 2 N–H and O–H groups in total. The zero-order valence-corrected chi connectivity index (χ0v) is 64.0. The van der Waals surface area contributed by atoms with Gasteiger partial charge in [0.25, 0.3) is 23.6 Å². The van der Waals surface area contributed by atoms with Crippen LogP contribution in [0, 0.1) is 47.6 Å². The second kappa shape index (κ2) is 38.7. The zero-order chi connectivity index (χ0) is 80.3. The molecule has 0 aromatic heterocycles. The summed E-state index contributed by atoms with van der Waals surface area (Å²) < 4.78 is 151. The molecule has 0 saturated heterocycles. The number of fused-ring (bicyclic) bond motifs is 3. The van der Waals surface area contributed by atoms with Crippen LogP contribution in [-0.2, 0) is 32.4 Å². The fourth-order valence-corrected chi connectivity index (χ4v) is 12.7. The lowest BCUT2D eigenvalue weighted by atomic mass is 9.99. The first-order chi connectivity index (χ1) is 53.6. The molecule has 0 radical (unpaired) electrons. The Bertz CT molecular complexity index is 5160. The normalized spacial score (nSPS) is 12.9. The average Bonchev–Trinajstić information content (AvgIpc) is 1.11. The summed E-state index contributed by atoms with van der Waals surface area (Å²) in [5, 5.41) is 17.5. The van der Waals surface area contributed by atoms with Crippen LogP contribution < -0.4 is 14.2 Å². The molecule has 578 valence electrons. The molecule has 4 amide bonds. The third kappa shape index (κ3) is 21.9. The van der Waals surface area contributed by atoms with Crippen molar-refractivity contribution in [2.45, 2.75) is 39.3 Å². The summed E-state index contributed by atoms with van der Waals surface area (Å²) >= 11 is 8.80. The van der Waals surface area contributed by atoms with Crippen LogP contribution in [-0.4, -0.2) is 112 Å². The van der Waals surface area contributed by atoms with E-state index in [1.165, 1.54) is 41.3 Å². The molecular weight excluding hydrogens is 1670 g/mol. The fraction of sp³-hybridized carbons (Fsp3) is 0.165. The Hall–Kier alpha value is -11.1. The Labute approximate surface area is 662 Å². The molecule has 11 aromatic carbocycles. The molecule has 0 unspecified atom stereocenters. The van der Waals surface area contributed by atoms with Gasteiger partial charge in [-0.1, -0.05) is 163 Å². The molecule has 3 aliphatic rings. The molecule has 3 heterocycles. The summed E-state index contributed by atoms with van der Waals surface area (Å²) in [6, 6.07) is 61.2. The van der Waals surface area contributed by atoms with Crippen molar-refractivity contribution >= 4 is 77.4 Å². The highest BCUT2D eigenvalue weighted by Gasteiger charge is 2.32. The van der Waals surface area contributed by atoms with Gasteiger partial charge in [-0.3, -0.25) is 19.2 Å². The number of aryl methyl sites for hydroxylation is 1. The number of halogens is 13. The van der Waals surface area contributed by atoms with Gasteiger partial charge in [-0.05, 0) is 131 Å². The minimum absolute atomic E-state index is 0.0147. The van der Waals surface area contributed by atoms with E-state index in [0.29, 0.717) is 92.8 Å². The van der Waals surface area contributed by atoms with Crippen molar-refractivity contribution in [1.29, 1.82) is 0 Å². The van der Waals surface area contributed by atoms with Gasteiger partial charge in [0.15, 0.2) is 0 Å². The Morgan fingerprint density at radius 3 is 1.14 bits per heavy atom. The maximum Gasteiger partial charge on any atom is 0.416 e. The van der Waals surface area contributed by atoms with Crippen LogP contribution in [0.5, 0.6) is 17.2 Å². The van der Waals surface area contributed by atoms with Gasteiger partial charge in [0.1, 0.15) is 77.8 Å². The number of hydrogen-bond donors (Lipinski definition) is 2. The highest BCUT2D eigenvalue weighted by molar-refractivity contribution is 9.11. The number of benzene rings is 11. The van der Waals surface area contributed by atoms with Gasteiger partial charge >= 0.3 is 12.1 Å². The van der Waals surface area contributed by atoms with Crippen molar-refractivity contribution < 1.29 is 92.3 Å². The van der Waals surface area contributed by atoms with Crippen molar-refractivity contribution in [2.24, 2.45) is 0 Å². The van der Waals surface area contributed by atoms with E-state index in [-0.39, 0.29) is 91.3 Å². The molecule has 0 aliphatic carbocycles. The van der Waals surface area contributed by atoms with Gasteiger partial charge in [0.2, 0.25) is 0 Å². The number of aliphatic hydroxyl groups excluding tert-OH is 1. The second-order valence-electron chi connectivity index (χ2n) is 25.3. The first-order valence-electron chi connectivity index (χ1n) is 34.4. The SMILES string of the molecule is Cc1ccc(-c2cc3c(cc2F)OCCN(Cc2ccccc2)C3=O)cc1.O=C(O)c1cc(Br)c(F)cc1F.O=C(c1cc(Br)c(F)cc1F)N(CCO)Cc1ccccc1.O=C1c2cc(-c3ccc(C(F)(F)F)cc3)c(F)cc2OCCN1Cc1ccccc1.O=C1c2cc(Br)c(F)cc2OCCN1Cc1ccccc1. The number of carbonyl (C=O) groups is 5. The van der Waals surface area contributed by atoms with E-state index in [4.69, 9.17) is 24.4 Å². The maximum absolute atomic E-state index is 14.7. The lowest BCUT2D eigenvalue weighted by Gasteiger charge is -2.22. The number of carboxylic acids is 1. The molecule has 27 heteroatoms. The first-order valence-corrected chi connectivity index (χ1v) is 36.8. The van der Waals surface area contributed by atoms with E-state index < -0.39 is 64.1 Å². The highest BCUT2D eigenvalue weighted by Crippen LogP contribution is 2.38. The van der Waals surface area contributed by atoms with Gasteiger partial charge in [0, 0.05) is 74.2 Å². The van der Waals surface area contributed by atoms with Gasteiger partial charge in [-0.25, -0.2) is 35.5 Å². The molecule has 0 atom stereocenters. The number of ether oxygens (including phenoxy) is 3. The Balaban J connectivity index is 0.000000152. The van der Waals surface area contributed by atoms with E-state index in [0.717, 1.165) is 63.7 Å². The van der Waals surface area contributed by atoms with Crippen LogP contribution in [0.25, 0.3) is 22.3 Å². The monoisotopic (exact) mass is 1730 g/mol. The van der Waals surface area contributed by atoms with Crippen molar-refractivity contribution in [1.82, 2.24) is 19.6 Å². The molecule has 3 aliphatic heterocycles. The Morgan fingerprint density at radius 2 is 0.759 bits per heavy atom. The third-order valence-corrected chi connectivity index (χ3v) is 19.3. The van der Waals surface area contributed by atoms with E-state index >= 15 is 0 Å². The minimum Gasteiger partial charge on any atom is -0.491 e. The van der Waals surface area contributed by atoms with E-state index in [1.807, 2.05) is 153 Å². The van der Waals surface area contributed by atoms with Crippen LogP contribution in [0.4, 0.5) is 43.9 Å². The number of carboxylic acid groups (broad SMARTS) is 1. The summed E-state index contributed by atoms with van der Waals surface area (Å²) in [5.74, 6) is -6.98. The van der Waals surface area contributed by atoms with Crippen molar-refractivity contribution in [3.63, 3.8) is 0 Å². The Kier molecular flexibility index (Phi) is 28.8. The van der Waals surface area contributed by atoms with Crippen molar-refractivity contribution in [2.75, 3.05) is 52.6 Å². The van der Waals surface area contributed by atoms with Gasteiger partial charge in [0.05, 0.1) is 73.0 Å². The van der Waals surface area contributed by atoms with Crippen LogP contribution in [0.2, 0.25) is 0 Å². The predicted octanol–water partition coefficient (Wildman–Crippen LogP) is 19.8. The predicted molar refractivity (Wildman–Crippen MR) is 411 cm³/mol. The van der Waals surface area contributed by atoms with Gasteiger partial charge in [-0.2, -0.15) is 13.2 Å². The fourth-order valence-electron chi connectivity index (χ4n) is 11.7. The van der Waals surface area contributed by atoms with Crippen molar-refractivity contribution in [3.05, 3.63) is 346 Å². The lowest BCUT2D eigenvalue weighted by molar-refractivity contribution is -0.137. The quantitative estimate of drug-likeness (QED) is 0.0790. The maximum atomic E-state index is 14.7. The molecule has 0 bridgehead atoms. The molecular formula is C85H67Br3F10N4O10. The van der Waals surface area contributed by atoms with Crippen LogP contribution in [0.1, 0.15) is 85.2 Å². The summed E-state index contributed by atoms with van der Waals surface area (Å²) in [7, 11) is 0. The largest absolute Gasteiger partial charge is 0.491 e. The number of amides is 4. The van der Waals surface area contributed by atoms with Crippen LogP contribution in [0.15, 0.2) is 244 Å². The summed E-state index contributed by atoms with van der Waals surface area (Å²) in [5.41, 5.74) is 5.79. The number of aromatic carboxylic acids is 1. The Morgan fingerprint density at radius 1 is 0.420 bits per heavy atom. The zero-order valence-electron chi connectivity index (χ0n) is 59.3. The van der Waals surface area contributed by atoms with Gasteiger partial charge < -0.3 is 44.0 Å². The molecule has 14 nitrogen and oxygen atoms in total. The number of alkyl halides is 3. The topological polar surface area (TPSA) is 166 Å². The number of carbonyl (C=O) groups excluding carboxylic acids is 4.